The normalized spacial score (nSPS) is 24.7. The predicted molar refractivity (Wildman–Crippen MR) is 75.8 cm³/mol. The summed E-state index contributed by atoms with van der Waals surface area (Å²) in [5.74, 6) is 0.483. The van der Waals surface area contributed by atoms with Crippen molar-refractivity contribution in [3.63, 3.8) is 0 Å². The van der Waals surface area contributed by atoms with Gasteiger partial charge in [0.25, 0.3) is 0 Å². The van der Waals surface area contributed by atoms with Gasteiger partial charge < -0.3 is 10.4 Å². The molecule has 1 heterocycles. The van der Waals surface area contributed by atoms with E-state index in [1.807, 2.05) is 0 Å². The molecule has 0 aromatic carbocycles. The van der Waals surface area contributed by atoms with Crippen LogP contribution in [0.2, 0.25) is 15.2 Å². The first-order valence-electron chi connectivity index (χ1n) is 6.04. The SMILES string of the molecule is OC1CCCCCC1Nc1nc(Cl)c(Cl)cc1Cl. The van der Waals surface area contributed by atoms with Gasteiger partial charge in [0.1, 0.15) is 11.0 Å². The molecule has 0 spiro atoms. The molecule has 0 amide bonds. The van der Waals surface area contributed by atoms with Gasteiger partial charge in [0.15, 0.2) is 0 Å². The van der Waals surface area contributed by atoms with Crippen LogP contribution >= 0.6 is 34.8 Å². The van der Waals surface area contributed by atoms with Crippen LogP contribution in [-0.2, 0) is 0 Å². The Balaban J connectivity index is 2.14. The summed E-state index contributed by atoms with van der Waals surface area (Å²) in [5, 5.41) is 14.2. The van der Waals surface area contributed by atoms with Gasteiger partial charge in [0, 0.05) is 0 Å². The fourth-order valence-electron chi connectivity index (χ4n) is 2.18. The number of hydrogen-bond acceptors (Lipinski definition) is 3. The molecule has 1 fully saturated rings. The number of pyridine rings is 1. The highest BCUT2D eigenvalue weighted by molar-refractivity contribution is 6.42. The Labute approximate surface area is 121 Å². The Bertz CT molecular complexity index is 428. The van der Waals surface area contributed by atoms with Crippen molar-refractivity contribution in [1.29, 1.82) is 0 Å². The first-order valence-corrected chi connectivity index (χ1v) is 7.17. The van der Waals surface area contributed by atoms with Crippen LogP contribution in [0.25, 0.3) is 0 Å². The van der Waals surface area contributed by atoms with E-state index in [4.69, 9.17) is 34.8 Å². The minimum Gasteiger partial charge on any atom is -0.391 e. The third kappa shape index (κ3) is 3.41. The van der Waals surface area contributed by atoms with E-state index in [9.17, 15) is 5.11 Å². The maximum atomic E-state index is 10.0. The van der Waals surface area contributed by atoms with Crippen molar-refractivity contribution in [3.8, 4) is 0 Å². The molecule has 1 aromatic rings. The summed E-state index contributed by atoms with van der Waals surface area (Å²) in [7, 11) is 0. The van der Waals surface area contributed by atoms with Gasteiger partial charge in [-0.3, -0.25) is 0 Å². The van der Waals surface area contributed by atoms with Crippen LogP contribution in [-0.4, -0.2) is 22.2 Å². The van der Waals surface area contributed by atoms with Gasteiger partial charge in [-0.1, -0.05) is 54.1 Å². The van der Waals surface area contributed by atoms with Gasteiger partial charge in [-0.15, -0.1) is 0 Å². The molecule has 18 heavy (non-hydrogen) atoms. The number of hydrogen-bond donors (Lipinski definition) is 2. The van der Waals surface area contributed by atoms with Crippen LogP contribution in [0.5, 0.6) is 0 Å². The monoisotopic (exact) mass is 308 g/mol. The zero-order valence-corrected chi connectivity index (χ0v) is 12.1. The first-order chi connectivity index (χ1) is 8.58. The predicted octanol–water partition coefficient (Wildman–Crippen LogP) is 4.15. The summed E-state index contributed by atoms with van der Waals surface area (Å²) in [6.45, 7) is 0. The summed E-state index contributed by atoms with van der Waals surface area (Å²) in [5.41, 5.74) is 0. The van der Waals surface area contributed by atoms with Crippen LogP contribution in [0, 0.1) is 0 Å². The number of nitrogens with one attached hydrogen (secondary N) is 1. The summed E-state index contributed by atoms with van der Waals surface area (Å²) >= 11 is 17.8. The van der Waals surface area contributed by atoms with Crippen LogP contribution in [0.4, 0.5) is 5.82 Å². The first kappa shape index (κ1) is 14.2. The minimum atomic E-state index is -0.375. The zero-order chi connectivity index (χ0) is 13.1. The third-order valence-corrected chi connectivity index (χ3v) is 4.15. The number of aliphatic hydroxyl groups excluding tert-OH is 1. The smallest absolute Gasteiger partial charge is 0.150 e. The maximum Gasteiger partial charge on any atom is 0.150 e. The number of nitrogens with zero attached hydrogens (tertiary/aromatic N) is 1. The van der Waals surface area contributed by atoms with Crippen molar-refractivity contribution in [3.05, 3.63) is 21.3 Å². The van der Waals surface area contributed by atoms with Crippen molar-refractivity contribution >= 4 is 40.6 Å². The van der Waals surface area contributed by atoms with E-state index >= 15 is 0 Å². The van der Waals surface area contributed by atoms with Crippen LogP contribution in [0.1, 0.15) is 32.1 Å². The van der Waals surface area contributed by atoms with Gasteiger partial charge in [-0.25, -0.2) is 4.98 Å². The number of aliphatic hydroxyl groups is 1. The second-order valence-electron chi connectivity index (χ2n) is 4.55. The van der Waals surface area contributed by atoms with E-state index in [1.54, 1.807) is 6.07 Å². The standard InChI is InChI=1S/C12H15Cl3N2O/c13-7-6-8(14)12(17-11(7)15)16-9-4-2-1-3-5-10(9)18/h6,9-10,18H,1-5H2,(H,16,17). The highest BCUT2D eigenvalue weighted by atomic mass is 35.5. The lowest BCUT2D eigenvalue weighted by atomic mass is 10.1. The number of rotatable bonds is 2. The molecule has 0 bridgehead atoms. The lowest BCUT2D eigenvalue weighted by Gasteiger charge is -2.23. The highest BCUT2D eigenvalue weighted by Gasteiger charge is 2.22. The van der Waals surface area contributed by atoms with E-state index in [0.717, 1.165) is 32.1 Å². The van der Waals surface area contributed by atoms with Gasteiger partial charge in [0.05, 0.1) is 22.2 Å². The maximum absolute atomic E-state index is 10.0. The number of halogens is 3. The van der Waals surface area contributed by atoms with Crippen LogP contribution in [0.3, 0.4) is 0 Å². The summed E-state index contributed by atoms with van der Waals surface area (Å²) in [6.07, 6.45) is 4.63. The molecule has 1 aromatic heterocycles. The van der Waals surface area contributed by atoms with E-state index in [0.29, 0.717) is 15.9 Å². The van der Waals surface area contributed by atoms with Crippen molar-refractivity contribution in [2.24, 2.45) is 0 Å². The molecule has 0 radical (unpaired) electrons. The van der Waals surface area contributed by atoms with Crippen LogP contribution in [0.15, 0.2) is 6.07 Å². The van der Waals surface area contributed by atoms with Gasteiger partial charge >= 0.3 is 0 Å². The quantitative estimate of drug-likeness (QED) is 0.637. The molecular weight excluding hydrogens is 295 g/mol. The zero-order valence-electron chi connectivity index (χ0n) is 9.80. The van der Waals surface area contributed by atoms with E-state index in [1.165, 1.54) is 0 Å². The number of anilines is 1. The summed E-state index contributed by atoms with van der Waals surface area (Å²) in [4.78, 5) is 4.11. The van der Waals surface area contributed by atoms with Gasteiger partial charge in [-0.2, -0.15) is 0 Å². The lowest BCUT2D eigenvalue weighted by Crippen LogP contribution is -2.32. The highest BCUT2D eigenvalue weighted by Crippen LogP contribution is 2.30. The fraction of sp³-hybridized carbons (Fsp3) is 0.583. The van der Waals surface area contributed by atoms with Crippen LogP contribution < -0.4 is 5.32 Å². The molecule has 1 aliphatic carbocycles. The molecule has 2 atom stereocenters. The molecule has 2 unspecified atom stereocenters. The number of aromatic nitrogens is 1. The molecule has 100 valence electrons. The molecule has 0 saturated heterocycles. The largest absolute Gasteiger partial charge is 0.391 e. The third-order valence-electron chi connectivity index (χ3n) is 3.19. The van der Waals surface area contributed by atoms with E-state index < -0.39 is 0 Å². The molecule has 0 aliphatic heterocycles. The summed E-state index contributed by atoms with van der Waals surface area (Å²) < 4.78 is 0. The Kier molecular flexibility index (Phi) is 4.96. The lowest BCUT2D eigenvalue weighted by molar-refractivity contribution is 0.144. The molecule has 6 heteroatoms. The average molecular weight is 310 g/mol. The molecule has 2 rings (SSSR count). The second-order valence-corrected chi connectivity index (χ2v) is 5.72. The van der Waals surface area contributed by atoms with Crippen molar-refractivity contribution < 1.29 is 5.11 Å². The van der Waals surface area contributed by atoms with E-state index in [2.05, 4.69) is 10.3 Å². The van der Waals surface area contributed by atoms with E-state index in [-0.39, 0.29) is 17.3 Å². The van der Waals surface area contributed by atoms with Gasteiger partial charge in [-0.05, 0) is 18.9 Å². The second kappa shape index (κ2) is 6.29. The molecule has 1 aliphatic rings. The fourth-order valence-corrected chi connectivity index (χ4v) is 2.73. The Morgan fingerprint density at radius 2 is 1.83 bits per heavy atom. The van der Waals surface area contributed by atoms with Crippen molar-refractivity contribution in [2.45, 2.75) is 44.2 Å². The molecule has 3 nitrogen and oxygen atoms in total. The molecule has 2 N–H and O–H groups in total. The van der Waals surface area contributed by atoms with Crippen molar-refractivity contribution in [2.75, 3.05) is 5.32 Å². The molecule has 1 saturated carbocycles. The minimum absolute atomic E-state index is 0.0326. The Hall–Kier alpha value is -0.220. The Morgan fingerprint density at radius 1 is 1.11 bits per heavy atom. The Morgan fingerprint density at radius 3 is 2.61 bits per heavy atom. The topological polar surface area (TPSA) is 45.1 Å². The average Bonchev–Trinajstić information content (AvgIpc) is 2.52. The van der Waals surface area contributed by atoms with Gasteiger partial charge in [0.2, 0.25) is 0 Å². The van der Waals surface area contributed by atoms with Crippen molar-refractivity contribution in [1.82, 2.24) is 4.98 Å². The summed E-state index contributed by atoms with van der Waals surface area (Å²) in [6, 6.07) is 1.53. The molecular formula is C12H15Cl3N2O.